The van der Waals surface area contributed by atoms with E-state index in [1.165, 1.54) is 0 Å². The van der Waals surface area contributed by atoms with Crippen LogP contribution in [-0.4, -0.2) is 39.6 Å². The van der Waals surface area contributed by atoms with Crippen LogP contribution in [0.15, 0.2) is 0 Å². The van der Waals surface area contributed by atoms with Crippen LogP contribution in [0.5, 0.6) is 0 Å². The van der Waals surface area contributed by atoms with Crippen molar-refractivity contribution in [3.8, 4) is 0 Å². The summed E-state index contributed by atoms with van der Waals surface area (Å²) in [5.41, 5.74) is 0. The van der Waals surface area contributed by atoms with Crippen molar-refractivity contribution in [2.75, 3.05) is 39.6 Å². The lowest BCUT2D eigenvalue weighted by molar-refractivity contribution is 0.0194. The highest BCUT2D eigenvalue weighted by Gasteiger charge is 1.88. The molecule has 1 radical (unpaired) electrons. The summed E-state index contributed by atoms with van der Waals surface area (Å²) in [7, 11) is 0. The minimum Gasteiger partial charge on any atom is -0.379 e. The minimum absolute atomic E-state index is 0.510. The fourth-order valence-corrected chi connectivity index (χ4v) is 0.686. The van der Waals surface area contributed by atoms with Crippen molar-refractivity contribution in [1.82, 2.24) is 0 Å². The molecule has 0 amide bonds. The van der Waals surface area contributed by atoms with Gasteiger partial charge in [0.05, 0.1) is 26.4 Å². The third kappa shape index (κ3) is 9.88. The van der Waals surface area contributed by atoms with Gasteiger partial charge in [-0.3, -0.25) is 0 Å². The second kappa shape index (κ2) is 10.9. The number of ether oxygens (including phenoxy) is 3. The molecule has 3 heteroatoms. The molecular weight excluding hydrogens is 156 g/mol. The molecule has 0 aliphatic rings. The molecule has 0 rings (SSSR count). The first kappa shape index (κ1) is 11.9. The lowest BCUT2D eigenvalue weighted by Gasteiger charge is -2.04. The Morgan fingerprint density at radius 3 is 1.83 bits per heavy atom. The zero-order valence-corrected chi connectivity index (χ0v) is 7.88. The second-order valence-electron chi connectivity index (χ2n) is 2.34. The quantitative estimate of drug-likeness (QED) is 0.494. The molecule has 0 aromatic carbocycles. The Kier molecular flexibility index (Phi) is 10.8. The van der Waals surface area contributed by atoms with E-state index in [1.807, 2.05) is 0 Å². The van der Waals surface area contributed by atoms with Gasteiger partial charge in [0, 0.05) is 13.2 Å². The summed E-state index contributed by atoms with van der Waals surface area (Å²) in [6.45, 7) is 9.54. The van der Waals surface area contributed by atoms with Gasteiger partial charge in [0.1, 0.15) is 0 Å². The van der Waals surface area contributed by atoms with E-state index < -0.39 is 0 Å². The minimum atomic E-state index is 0.510. The Morgan fingerprint density at radius 2 is 1.33 bits per heavy atom. The molecule has 0 unspecified atom stereocenters. The molecular formula is C9H19O3. The Balaban J connectivity index is 2.73. The number of rotatable bonds is 9. The molecule has 12 heavy (non-hydrogen) atoms. The van der Waals surface area contributed by atoms with Gasteiger partial charge in [0.15, 0.2) is 0 Å². The van der Waals surface area contributed by atoms with Crippen molar-refractivity contribution < 1.29 is 14.2 Å². The third-order valence-electron chi connectivity index (χ3n) is 1.24. The maximum Gasteiger partial charge on any atom is 0.0701 e. The number of hydrogen-bond donors (Lipinski definition) is 0. The molecule has 0 aromatic heterocycles. The molecule has 0 atom stereocenters. The average molecular weight is 175 g/mol. The first-order chi connectivity index (χ1) is 5.91. The van der Waals surface area contributed by atoms with Gasteiger partial charge in [0.2, 0.25) is 0 Å². The molecule has 0 saturated carbocycles. The van der Waals surface area contributed by atoms with Gasteiger partial charge >= 0.3 is 0 Å². The lowest BCUT2D eigenvalue weighted by Crippen LogP contribution is -2.09. The molecule has 0 bridgehead atoms. The van der Waals surface area contributed by atoms with E-state index in [1.54, 1.807) is 0 Å². The predicted octanol–water partition coefficient (Wildman–Crippen LogP) is 1.28. The van der Waals surface area contributed by atoms with E-state index in [0.29, 0.717) is 33.0 Å². The normalized spacial score (nSPS) is 10.5. The highest BCUT2D eigenvalue weighted by molar-refractivity contribution is 4.34. The van der Waals surface area contributed by atoms with Crippen LogP contribution in [0.1, 0.15) is 13.3 Å². The lowest BCUT2D eigenvalue weighted by atomic mass is 10.5. The van der Waals surface area contributed by atoms with Gasteiger partial charge in [-0.25, -0.2) is 0 Å². The van der Waals surface area contributed by atoms with Crippen LogP contribution < -0.4 is 0 Å². The highest BCUT2D eigenvalue weighted by atomic mass is 16.5. The van der Waals surface area contributed by atoms with Gasteiger partial charge < -0.3 is 14.2 Å². The van der Waals surface area contributed by atoms with Crippen molar-refractivity contribution in [3.05, 3.63) is 6.92 Å². The molecule has 0 fully saturated rings. The zero-order chi connectivity index (χ0) is 9.07. The Labute approximate surface area is 75.0 Å². The third-order valence-corrected chi connectivity index (χ3v) is 1.24. The number of hydrogen-bond acceptors (Lipinski definition) is 3. The van der Waals surface area contributed by atoms with Gasteiger partial charge in [0.25, 0.3) is 0 Å². The fourth-order valence-electron chi connectivity index (χ4n) is 0.686. The van der Waals surface area contributed by atoms with Crippen molar-refractivity contribution in [2.24, 2.45) is 0 Å². The van der Waals surface area contributed by atoms with Gasteiger partial charge in [-0.15, -0.1) is 0 Å². The molecule has 0 saturated heterocycles. The molecule has 73 valence electrons. The van der Waals surface area contributed by atoms with E-state index in [9.17, 15) is 0 Å². The molecule has 0 N–H and O–H groups in total. The Bertz CT molecular complexity index is 66.2. The molecule has 0 aliphatic carbocycles. The SMILES string of the molecule is [CH2]COCCOCCOCCC. The zero-order valence-electron chi connectivity index (χ0n) is 7.88. The van der Waals surface area contributed by atoms with Crippen LogP contribution in [0.4, 0.5) is 0 Å². The van der Waals surface area contributed by atoms with Crippen LogP contribution in [-0.2, 0) is 14.2 Å². The summed E-state index contributed by atoms with van der Waals surface area (Å²) in [4.78, 5) is 0. The molecule has 0 heterocycles. The van der Waals surface area contributed by atoms with Crippen LogP contribution in [0.2, 0.25) is 0 Å². The second-order valence-corrected chi connectivity index (χ2v) is 2.34. The Hall–Kier alpha value is -0.120. The highest BCUT2D eigenvalue weighted by Crippen LogP contribution is 1.82. The van der Waals surface area contributed by atoms with Crippen molar-refractivity contribution >= 4 is 0 Å². The van der Waals surface area contributed by atoms with Crippen molar-refractivity contribution in [2.45, 2.75) is 13.3 Å². The van der Waals surface area contributed by atoms with E-state index in [4.69, 9.17) is 14.2 Å². The fraction of sp³-hybridized carbons (Fsp3) is 0.889. The van der Waals surface area contributed by atoms with Crippen LogP contribution in [0.25, 0.3) is 0 Å². The predicted molar refractivity (Wildman–Crippen MR) is 48.1 cm³/mol. The van der Waals surface area contributed by atoms with Gasteiger partial charge in [-0.2, -0.15) is 0 Å². The topological polar surface area (TPSA) is 27.7 Å². The first-order valence-corrected chi connectivity index (χ1v) is 4.44. The maximum atomic E-state index is 5.21. The summed E-state index contributed by atoms with van der Waals surface area (Å²) in [6, 6.07) is 0. The van der Waals surface area contributed by atoms with E-state index in [2.05, 4.69) is 13.8 Å². The van der Waals surface area contributed by atoms with E-state index in [0.717, 1.165) is 13.0 Å². The largest absolute Gasteiger partial charge is 0.379 e. The summed E-state index contributed by atoms with van der Waals surface area (Å²) >= 11 is 0. The van der Waals surface area contributed by atoms with Gasteiger partial charge in [-0.1, -0.05) is 6.92 Å². The van der Waals surface area contributed by atoms with Crippen LogP contribution in [0, 0.1) is 6.92 Å². The average Bonchev–Trinajstić information content (AvgIpc) is 2.10. The van der Waals surface area contributed by atoms with Crippen molar-refractivity contribution in [3.63, 3.8) is 0 Å². The molecule has 0 aromatic rings. The smallest absolute Gasteiger partial charge is 0.0701 e. The molecule has 3 nitrogen and oxygen atoms in total. The van der Waals surface area contributed by atoms with Crippen LogP contribution in [0.3, 0.4) is 0 Å². The monoisotopic (exact) mass is 175 g/mol. The summed E-state index contributed by atoms with van der Waals surface area (Å²) in [5.74, 6) is 0. The standard InChI is InChI=1S/C9H19O3/c1-3-5-11-8-9-12-7-6-10-4-2/h2-9H2,1H3. The van der Waals surface area contributed by atoms with Crippen LogP contribution >= 0.6 is 0 Å². The Morgan fingerprint density at radius 1 is 0.833 bits per heavy atom. The summed E-state index contributed by atoms with van der Waals surface area (Å²) in [5, 5.41) is 0. The maximum absolute atomic E-state index is 5.21. The van der Waals surface area contributed by atoms with Gasteiger partial charge in [-0.05, 0) is 13.3 Å². The van der Waals surface area contributed by atoms with Crippen molar-refractivity contribution in [1.29, 1.82) is 0 Å². The summed E-state index contributed by atoms with van der Waals surface area (Å²) in [6.07, 6.45) is 1.06. The summed E-state index contributed by atoms with van der Waals surface area (Å²) < 4.78 is 15.4. The molecule has 0 spiro atoms. The first-order valence-electron chi connectivity index (χ1n) is 4.44. The van der Waals surface area contributed by atoms with E-state index in [-0.39, 0.29) is 0 Å². The molecule has 0 aliphatic heterocycles. The van der Waals surface area contributed by atoms with E-state index >= 15 is 0 Å².